The fraction of sp³-hybridized carbons (Fsp3) is 0.950. The molecule has 0 aromatic rings. The molecule has 0 spiro atoms. The monoisotopic (exact) mass is 486 g/mol. The van der Waals surface area contributed by atoms with E-state index in [1.165, 1.54) is 0 Å². The second kappa shape index (κ2) is 12.0. The van der Waals surface area contributed by atoms with Gasteiger partial charge in [-0.3, -0.25) is 26.9 Å². The molecule has 3 fully saturated rings. The Kier molecular flexibility index (Phi) is 9.34. The normalized spacial score (nSPS) is 42.0. The van der Waals surface area contributed by atoms with Gasteiger partial charge in [0.2, 0.25) is 0 Å². The molecule has 4 aliphatic heterocycles. The minimum absolute atomic E-state index is 0.131. The lowest BCUT2D eigenvalue weighted by Crippen LogP contribution is -2.65. The lowest BCUT2D eigenvalue weighted by Gasteiger charge is -2.43. The number of aliphatic hydroxyl groups excluding tert-OH is 2. The van der Waals surface area contributed by atoms with E-state index in [4.69, 9.17) is 10.8 Å². The number of hydrogen-bond donors (Lipinski definition) is 10. The van der Waals surface area contributed by atoms with Crippen molar-refractivity contribution < 1.29 is 10.2 Å². The van der Waals surface area contributed by atoms with E-state index in [1.807, 2.05) is 18.7 Å². The van der Waals surface area contributed by atoms with E-state index in [-0.39, 0.29) is 24.2 Å². The van der Waals surface area contributed by atoms with E-state index in [1.54, 1.807) is 0 Å². The quantitative estimate of drug-likeness (QED) is 0.0882. The second-order valence-corrected chi connectivity index (χ2v) is 10.8. The zero-order chi connectivity index (χ0) is 23.4. The molecule has 0 aliphatic carbocycles. The molecule has 12 nitrogen and oxygen atoms in total. The molecule has 0 aromatic carbocycles. The van der Waals surface area contributed by atoms with Gasteiger partial charge in [0, 0.05) is 69.1 Å². The Morgan fingerprint density at radius 3 is 2.76 bits per heavy atom. The Morgan fingerprint density at radius 1 is 1.24 bits per heavy atom. The average molecular weight is 487 g/mol. The van der Waals surface area contributed by atoms with Crippen LogP contribution in [0.3, 0.4) is 0 Å². The van der Waals surface area contributed by atoms with Crippen LogP contribution in [-0.4, -0.2) is 109 Å². The minimum atomic E-state index is -0.790. The summed E-state index contributed by atoms with van der Waals surface area (Å²) < 4.78 is 0. The van der Waals surface area contributed by atoms with Gasteiger partial charge in [-0.05, 0) is 18.9 Å². The van der Waals surface area contributed by atoms with Crippen molar-refractivity contribution in [1.29, 1.82) is 0 Å². The van der Waals surface area contributed by atoms with Gasteiger partial charge < -0.3 is 26.2 Å². The maximum absolute atomic E-state index is 10.2. The first-order valence-electron chi connectivity index (χ1n) is 12.1. The Balaban J connectivity index is 1.42. The van der Waals surface area contributed by atoms with Crippen molar-refractivity contribution in [3.05, 3.63) is 0 Å². The van der Waals surface area contributed by atoms with E-state index in [0.29, 0.717) is 36.3 Å². The summed E-state index contributed by atoms with van der Waals surface area (Å²) in [7, 11) is 2.10. The number of piperazine rings is 1. The van der Waals surface area contributed by atoms with Gasteiger partial charge in [0.05, 0.1) is 11.4 Å². The first-order chi connectivity index (χ1) is 16.0. The molecule has 13 heteroatoms. The van der Waals surface area contributed by atoms with E-state index in [0.717, 1.165) is 31.8 Å². The molecule has 0 bridgehead atoms. The van der Waals surface area contributed by atoms with Gasteiger partial charge in [0.1, 0.15) is 12.4 Å². The summed E-state index contributed by atoms with van der Waals surface area (Å²) in [5.74, 6) is 7.70. The predicted molar refractivity (Wildman–Crippen MR) is 131 cm³/mol. The van der Waals surface area contributed by atoms with Crippen molar-refractivity contribution >= 4 is 18.0 Å². The van der Waals surface area contributed by atoms with Gasteiger partial charge in [0.15, 0.2) is 6.35 Å². The highest BCUT2D eigenvalue weighted by molar-refractivity contribution is 8.00. The Morgan fingerprint density at radius 2 is 2.09 bits per heavy atom. The van der Waals surface area contributed by atoms with Crippen LogP contribution in [0.25, 0.3) is 0 Å². The summed E-state index contributed by atoms with van der Waals surface area (Å²) in [6.07, 6.45) is 1.22. The van der Waals surface area contributed by atoms with E-state index in [2.05, 4.69) is 55.7 Å². The molecule has 0 radical (unpaired) electrons. The highest BCUT2D eigenvalue weighted by atomic mass is 32.2. The lowest BCUT2D eigenvalue weighted by atomic mass is 9.80. The smallest absolute Gasteiger partial charge is 0.162 e. The summed E-state index contributed by atoms with van der Waals surface area (Å²) in [5.41, 5.74) is 5.84. The molecular formula is C20H42N10O2S. The molecule has 4 heterocycles. The number of nitrogens with zero attached hydrogens (tertiary/aromatic N) is 2. The molecule has 0 aromatic heterocycles. The highest BCUT2D eigenvalue weighted by Gasteiger charge is 2.44. The summed E-state index contributed by atoms with van der Waals surface area (Å²) >= 11 is 2.01. The molecule has 4 rings (SSSR count). The predicted octanol–water partition coefficient (Wildman–Crippen LogP) is -3.70. The number of aliphatic hydroxyl groups is 2. The Bertz CT molecular complexity index is 640. The fourth-order valence-corrected chi connectivity index (χ4v) is 7.03. The van der Waals surface area contributed by atoms with Crippen LogP contribution in [0.5, 0.6) is 0 Å². The molecule has 10 atom stereocenters. The first kappa shape index (κ1) is 25.7. The average Bonchev–Trinajstić information content (AvgIpc) is 3.48. The number of nitrogens with one attached hydrogen (secondary N) is 7. The van der Waals surface area contributed by atoms with Crippen molar-refractivity contribution in [2.24, 2.45) is 28.6 Å². The largest absolute Gasteiger partial charge is 0.376 e. The zero-order valence-electron chi connectivity index (χ0n) is 19.6. The Labute approximate surface area is 200 Å². The number of hydrazine groups is 2. The molecule has 3 saturated heterocycles. The first-order valence-corrected chi connectivity index (χ1v) is 13.2. The highest BCUT2D eigenvalue weighted by Crippen LogP contribution is 2.37. The van der Waals surface area contributed by atoms with Crippen LogP contribution < -0.4 is 43.3 Å². The maximum Gasteiger partial charge on any atom is 0.162 e. The molecular weight excluding hydrogens is 444 g/mol. The van der Waals surface area contributed by atoms with Crippen LogP contribution in [0.1, 0.15) is 13.3 Å². The molecule has 4 aliphatic rings. The van der Waals surface area contributed by atoms with Crippen molar-refractivity contribution in [1.82, 2.24) is 42.4 Å². The van der Waals surface area contributed by atoms with Crippen LogP contribution in [0.4, 0.5) is 0 Å². The molecule has 190 valence electrons. The molecule has 33 heavy (non-hydrogen) atoms. The second-order valence-electron chi connectivity index (χ2n) is 9.59. The fourth-order valence-electron chi connectivity index (χ4n) is 5.43. The minimum Gasteiger partial charge on any atom is -0.376 e. The van der Waals surface area contributed by atoms with Gasteiger partial charge in [-0.2, -0.15) is 0 Å². The topological polar surface area (TPSA) is 166 Å². The van der Waals surface area contributed by atoms with E-state index < -0.39 is 12.6 Å². The van der Waals surface area contributed by atoms with Gasteiger partial charge in [-0.1, -0.05) is 6.92 Å². The van der Waals surface area contributed by atoms with Gasteiger partial charge in [0.25, 0.3) is 0 Å². The SMILES string of the molecule is CCNC(O)NC1CC(C2NC(C3CNN(C)C3)CS2)C(C2CNC(C(O)NN)CN2)C=N1. The third kappa shape index (κ3) is 6.42. The maximum atomic E-state index is 10.2. The molecule has 11 N–H and O–H groups in total. The molecule has 0 saturated carbocycles. The van der Waals surface area contributed by atoms with Crippen LogP contribution >= 0.6 is 11.8 Å². The number of thioether (sulfide) groups is 1. The lowest BCUT2D eigenvalue weighted by molar-refractivity contribution is 0.0707. The van der Waals surface area contributed by atoms with Gasteiger partial charge in [-0.15, -0.1) is 11.8 Å². The summed E-state index contributed by atoms with van der Waals surface area (Å²) in [6.45, 7) is 6.09. The van der Waals surface area contributed by atoms with Crippen molar-refractivity contribution in [2.45, 2.75) is 55.6 Å². The van der Waals surface area contributed by atoms with Crippen molar-refractivity contribution in [3.8, 4) is 0 Å². The summed E-state index contributed by atoms with van der Waals surface area (Å²) in [5, 5.41) is 39.9. The van der Waals surface area contributed by atoms with E-state index in [9.17, 15) is 10.2 Å². The van der Waals surface area contributed by atoms with Crippen molar-refractivity contribution in [2.75, 3.05) is 45.5 Å². The van der Waals surface area contributed by atoms with Crippen molar-refractivity contribution in [3.63, 3.8) is 0 Å². The van der Waals surface area contributed by atoms with Crippen LogP contribution in [0.2, 0.25) is 0 Å². The van der Waals surface area contributed by atoms with Crippen LogP contribution in [-0.2, 0) is 0 Å². The summed E-state index contributed by atoms with van der Waals surface area (Å²) in [4.78, 5) is 4.77. The number of nitrogens with two attached hydrogens (primary N) is 1. The van der Waals surface area contributed by atoms with Crippen LogP contribution in [0, 0.1) is 17.8 Å². The van der Waals surface area contributed by atoms with E-state index >= 15 is 0 Å². The number of hydrogen-bond acceptors (Lipinski definition) is 13. The summed E-state index contributed by atoms with van der Waals surface area (Å²) in [6, 6.07) is 0.564. The standard InChI is InChI=1S/C20H42N10O2S/c1-3-22-20(32)28-17-4-12(19-27-16(10-33-19)11-5-26-30(2)9-11)13(6-25-17)14-7-24-15(8-23-14)18(31)29-21/h6,11-20,22-24,26-29,31-32H,3-5,7-10,21H2,1-2H3. The van der Waals surface area contributed by atoms with Gasteiger partial charge >= 0.3 is 0 Å². The molecule has 0 amide bonds. The Hall–Kier alpha value is -0.420. The van der Waals surface area contributed by atoms with Gasteiger partial charge in [-0.25, -0.2) is 10.4 Å². The van der Waals surface area contributed by atoms with Crippen LogP contribution in [0.15, 0.2) is 4.99 Å². The number of aliphatic imine (C=N–C) groups is 1. The number of rotatable bonds is 9. The third-order valence-corrected chi connectivity index (χ3v) is 8.71. The third-order valence-electron chi connectivity index (χ3n) is 7.32. The zero-order valence-corrected chi connectivity index (χ0v) is 20.4. The molecule has 10 unspecified atom stereocenters.